The average Bonchev–Trinajstić information content (AvgIpc) is 2.17. The van der Waals surface area contributed by atoms with Crippen LogP contribution in [-0.2, 0) is 0 Å². The first kappa shape index (κ1) is 10.9. The van der Waals surface area contributed by atoms with E-state index in [1.54, 1.807) is 18.2 Å². The molecule has 3 nitrogen and oxygen atoms in total. The Morgan fingerprint density at radius 2 is 2.29 bits per heavy atom. The zero-order valence-electron chi connectivity index (χ0n) is 8.11. The third kappa shape index (κ3) is 2.20. The van der Waals surface area contributed by atoms with Crippen LogP contribution in [0, 0.1) is 0 Å². The molecule has 1 aromatic carbocycles. The lowest BCUT2D eigenvalue weighted by atomic mass is 10.2. The molecule has 0 amide bonds. The highest BCUT2D eigenvalue weighted by atomic mass is 32.2. The van der Waals surface area contributed by atoms with Crippen molar-refractivity contribution in [1.29, 1.82) is 0 Å². The van der Waals surface area contributed by atoms with Crippen molar-refractivity contribution >= 4 is 17.7 Å². The summed E-state index contributed by atoms with van der Waals surface area (Å²) >= 11 is 1.50. The van der Waals surface area contributed by atoms with Crippen molar-refractivity contribution < 1.29 is 14.6 Å². The monoisotopic (exact) mass is 212 g/mol. The fourth-order valence-corrected chi connectivity index (χ4v) is 1.99. The molecule has 0 atom stereocenters. The first-order chi connectivity index (χ1) is 6.70. The lowest BCUT2D eigenvalue weighted by Gasteiger charge is -2.08. The Kier molecular flexibility index (Phi) is 3.83. The van der Waals surface area contributed by atoms with E-state index in [1.807, 2.05) is 6.92 Å². The van der Waals surface area contributed by atoms with Gasteiger partial charge in [0.05, 0.1) is 7.11 Å². The number of methoxy groups -OCH3 is 1. The van der Waals surface area contributed by atoms with E-state index in [1.165, 1.54) is 18.9 Å². The van der Waals surface area contributed by atoms with Crippen molar-refractivity contribution in [2.45, 2.75) is 11.8 Å². The van der Waals surface area contributed by atoms with E-state index < -0.39 is 5.97 Å². The van der Waals surface area contributed by atoms with Crippen LogP contribution in [0.4, 0.5) is 0 Å². The Bertz CT molecular complexity index is 336. The number of thioether (sulfide) groups is 1. The predicted octanol–water partition coefficient (Wildman–Crippen LogP) is 2.51. The van der Waals surface area contributed by atoms with E-state index >= 15 is 0 Å². The molecule has 0 bridgehead atoms. The van der Waals surface area contributed by atoms with Crippen molar-refractivity contribution in [3.05, 3.63) is 23.8 Å². The van der Waals surface area contributed by atoms with Crippen LogP contribution in [0.25, 0.3) is 0 Å². The van der Waals surface area contributed by atoms with Gasteiger partial charge in [0.15, 0.2) is 0 Å². The summed E-state index contributed by atoms with van der Waals surface area (Å²) in [5, 5.41) is 9.01. The molecule has 0 saturated heterocycles. The lowest BCUT2D eigenvalue weighted by molar-refractivity contribution is 0.0689. The van der Waals surface area contributed by atoms with Crippen LogP contribution in [0.2, 0.25) is 0 Å². The van der Waals surface area contributed by atoms with Crippen LogP contribution < -0.4 is 4.74 Å². The van der Waals surface area contributed by atoms with E-state index in [0.29, 0.717) is 5.75 Å². The minimum absolute atomic E-state index is 0.252. The van der Waals surface area contributed by atoms with Crippen molar-refractivity contribution in [3.8, 4) is 5.75 Å². The highest BCUT2D eigenvalue weighted by Crippen LogP contribution is 2.29. The maximum Gasteiger partial charge on any atom is 0.340 e. The molecule has 0 aliphatic heterocycles. The van der Waals surface area contributed by atoms with Crippen molar-refractivity contribution in [3.63, 3.8) is 0 Å². The Balaban J connectivity index is 3.20. The summed E-state index contributed by atoms with van der Waals surface area (Å²) in [7, 11) is 1.47. The minimum Gasteiger partial charge on any atom is -0.496 e. The molecule has 4 heteroatoms. The van der Waals surface area contributed by atoms with Gasteiger partial charge >= 0.3 is 5.97 Å². The van der Waals surface area contributed by atoms with Crippen LogP contribution >= 0.6 is 11.8 Å². The second-order valence-electron chi connectivity index (χ2n) is 2.57. The molecule has 0 aliphatic rings. The number of ether oxygens (including phenoxy) is 1. The average molecular weight is 212 g/mol. The fraction of sp³-hybridized carbons (Fsp3) is 0.300. The van der Waals surface area contributed by atoms with Gasteiger partial charge in [-0.25, -0.2) is 4.79 Å². The predicted molar refractivity (Wildman–Crippen MR) is 56.4 cm³/mol. The van der Waals surface area contributed by atoms with E-state index in [0.717, 1.165) is 10.6 Å². The lowest BCUT2D eigenvalue weighted by Crippen LogP contribution is -2.02. The molecule has 0 spiro atoms. The Morgan fingerprint density at radius 1 is 1.57 bits per heavy atom. The molecule has 0 heterocycles. The van der Waals surface area contributed by atoms with E-state index in [9.17, 15) is 4.79 Å². The standard InChI is InChI=1S/C10H12O3S/c1-3-14-8-6-4-5-7(13-2)9(8)10(11)12/h4-6H,3H2,1-2H3,(H,11,12). The quantitative estimate of drug-likeness (QED) is 0.779. The number of carboxylic acids is 1. The van der Waals surface area contributed by atoms with Gasteiger partial charge in [-0.15, -0.1) is 11.8 Å². The van der Waals surface area contributed by atoms with Crippen LogP contribution in [0.1, 0.15) is 17.3 Å². The zero-order valence-corrected chi connectivity index (χ0v) is 8.93. The van der Waals surface area contributed by atoms with Crippen LogP contribution in [-0.4, -0.2) is 23.9 Å². The summed E-state index contributed by atoms with van der Waals surface area (Å²) in [4.78, 5) is 11.7. The number of hydrogen-bond donors (Lipinski definition) is 1. The molecule has 0 unspecified atom stereocenters. The van der Waals surface area contributed by atoms with Gasteiger partial charge in [0.25, 0.3) is 0 Å². The highest BCUT2D eigenvalue weighted by Gasteiger charge is 2.15. The number of aromatic carboxylic acids is 1. The van der Waals surface area contributed by atoms with Gasteiger partial charge < -0.3 is 9.84 Å². The molecular formula is C10H12O3S. The second-order valence-corrected chi connectivity index (χ2v) is 3.88. The van der Waals surface area contributed by atoms with Gasteiger partial charge in [0.2, 0.25) is 0 Å². The van der Waals surface area contributed by atoms with E-state index in [4.69, 9.17) is 9.84 Å². The summed E-state index contributed by atoms with van der Waals surface area (Å²) in [6.45, 7) is 1.98. The third-order valence-electron chi connectivity index (χ3n) is 1.72. The Labute approximate surface area is 87.1 Å². The highest BCUT2D eigenvalue weighted by molar-refractivity contribution is 7.99. The molecule has 0 aliphatic carbocycles. The van der Waals surface area contributed by atoms with Crippen LogP contribution in [0.5, 0.6) is 5.75 Å². The van der Waals surface area contributed by atoms with Crippen molar-refractivity contribution in [2.24, 2.45) is 0 Å². The summed E-state index contributed by atoms with van der Waals surface area (Å²) < 4.78 is 5.00. The second kappa shape index (κ2) is 4.91. The summed E-state index contributed by atoms with van der Waals surface area (Å²) in [6.07, 6.45) is 0. The molecule has 1 aromatic rings. The molecule has 1 N–H and O–H groups in total. The molecule has 1 rings (SSSR count). The minimum atomic E-state index is -0.946. The number of carboxylic acid groups (broad SMARTS) is 1. The smallest absolute Gasteiger partial charge is 0.340 e. The van der Waals surface area contributed by atoms with Gasteiger partial charge in [0.1, 0.15) is 11.3 Å². The topological polar surface area (TPSA) is 46.5 Å². The van der Waals surface area contributed by atoms with Gasteiger partial charge in [0, 0.05) is 4.90 Å². The van der Waals surface area contributed by atoms with Crippen LogP contribution in [0.15, 0.2) is 23.1 Å². The maximum atomic E-state index is 11.0. The molecule has 0 aromatic heterocycles. The molecule has 0 fully saturated rings. The Hall–Kier alpha value is -1.16. The molecule has 76 valence electrons. The van der Waals surface area contributed by atoms with Crippen molar-refractivity contribution in [2.75, 3.05) is 12.9 Å². The summed E-state index contributed by atoms with van der Waals surface area (Å²) in [6, 6.07) is 5.24. The maximum absolute atomic E-state index is 11.0. The Morgan fingerprint density at radius 3 is 2.79 bits per heavy atom. The summed E-state index contributed by atoms with van der Waals surface area (Å²) in [5.41, 5.74) is 0.252. The van der Waals surface area contributed by atoms with E-state index in [2.05, 4.69) is 0 Å². The number of carbonyl (C=O) groups is 1. The van der Waals surface area contributed by atoms with E-state index in [-0.39, 0.29) is 5.56 Å². The molecule has 14 heavy (non-hydrogen) atoms. The summed E-state index contributed by atoms with van der Waals surface area (Å²) in [5.74, 6) is 0.308. The largest absolute Gasteiger partial charge is 0.496 e. The number of benzene rings is 1. The number of rotatable bonds is 4. The van der Waals surface area contributed by atoms with Crippen LogP contribution in [0.3, 0.4) is 0 Å². The normalized spacial score (nSPS) is 9.86. The third-order valence-corrected chi connectivity index (χ3v) is 2.66. The molecular weight excluding hydrogens is 200 g/mol. The first-order valence-electron chi connectivity index (χ1n) is 4.23. The first-order valence-corrected chi connectivity index (χ1v) is 5.22. The van der Waals surface area contributed by atoms with Gasteiger partial charge in [-0.05, 0) is 17.9 Å². The molecule has 0 radical (unpaired) electrons. The van der Waals surface area contributed by atoms with Gasteiger partial charge in [-0.3, -0.25) is 0 Å². The molecule has 0 saturated carbocycles. The fourth-order valence-electron chi connectivity index (χ4n) is 1.17. The zero-order chi connectivity index (χ0) is 10.6. The van der Waals surface area contributed by atoms with Gasteiger partial charge in [-0.2, -0.15) is 0 Å². The SMILES string of the molecule is CCSc1cccc(OC)c1C(=O)O. The number of hydrogen-bond acceptors (Lipinski definition) is 3. The van der Waals surface area contributed by atoms with Gasteiger partial charge in [-0.1, -0.05) is 13.0 Å². The van der Waals surface area contributed by atoms with Crippen molar-refractivity contribution in [1.82, 2.24) is 0 Å².